The standard InChI is InChI=1S/C19H24N4O4/c1-13(2)26-19(25)23-9-6-14-10-21(12-16(14)23)18(24)17-5-4-15(27-17)11-22-8-3-7-20-22/h3-5,7-8,13-14,16H,6,9-12H2,1-2H3/t14-,16+/m1/s1. The average molecular weight is 372 g/mol. The van der Waals surface area contributed by atoms with Gasteiger partial charge in [-0.05, 0) is 38.5 Å². The molecular weight excluding hydrogens is 348 g/mol. The quantitative estimate of drug-likeness (QED) is 0.822. The molecule has 2 aromatic rings. The monoisotopic (exact) mass is 372 g/mol. The first kappa shape index (κ1) is 17.6. The summed E-state index contributed by atoms with van der Waals surface area (Å²) >= 11 is 0. The van der Waals surface area contributed by atoms with E-state index in [-0.39, 0.29) is 24.1 Å². The Kier molecular flexibility index (Phi) is 4.63. The van der Waals surface area contributed by atoms with Crippen LogP contribution >= 0.6 is 0 Å². The van der Waals surface area contributed by atoms with Gasteiger partial charge in [-0.1, -0.05) is 0 Å². The van der Waals surface area contributed by atoms with E-state index in [4.69, 9.17) is 9.15 Å². The number of nitrogens with zero attached hydrogens (tertiary/aromatic N) is 4. The Labute approximate surface area is 157 Å². The summed E-state index contributed by atoms with van der Waals surface area (Å²) < 4.78 is 12.8. The Bertz CT molecular complexity index is 814. The third-order valence-electron chi connectivity index (χ3n) is 5.16. The Hall–Kier alpha value is -2.77. The molecule has 2 amide bonds. The second kappa shape index (κ2) is 7.09. The first-order chi connectivity index (χ1) is 13.0. The molecule has 0 unspecified atom stereocenters. The molecule has 0 spiro atoms. The van der Waals surface area contributed by atoms with Gasteiger partial charge in [0.15, 0.2) is 5.76 Å². The molecule has 2 atom stereocenters. The minimum absolute atomic E-state index is 0.0266. The fraction of sp³-hybridized carbons (Fsp3) is 0.526. The van der Waals surface area contributed by atoms with E-state index in [2.05, 4.69) is 5.10 Å². The van der Waals surface area contributed by atoms with Crippen LogP contribution < -0.4 is 0 Å². The lowest BCUT2D eigenvalue weighted by Gasteiger charge is -2.25. The fourth-order valence-electron chi connectivity index (χ4n) is 3.91. The van der Waals surface area contributed by atoms with Crippen molar-refractivity contribution in [1.82, 2.24) is 19.6 Å². The summed E-state index contributed by atoms with van der Waals surface area (Å²) in [6.07, 6.45) is 4.01. The van der Waals surface area contributed by atoms with Crippen LogP contribution in [-0.2, 0) is 11.3 Å². The van der Waals surface area contributed by atoms with Gasteiger partial charge in [-0.25, -0.2) is 4.79 Å². The highest BCUT2D eigenvalue weighted by atomic mass is 16.6. The number of fused-ring (bicyclic) bond motifs is 1. The largest absolute Gasteiger partial charge is 0.454 e. The lowest BCUT2D eigenvalue weighted by molar-refractivity contribution is 0.0654. The predicted octanol–water partition coefficient (Wildman–Crippen LogP) is 2.22. The van der Waals surface area contributed by atoms with Crippen molar-refractivity contribution in [3.8, 4) is 0 Å². The molecule has 8 heteroatoms. The highest BCUT2D eigenvalue weighted by molar-refractivity contribution is 5.92. The van der Waals surface area contributed by atoms with Gasteiger partial charge in [0.2, 0.25) is 0 Å². The predicted molar refractivity (Wildman–Crippen MR) is 96.2 cm³/mol. The zero-order valence-corrected chi connectivity index (χ0v) is 15.6. The number of amides is 2. The zero-order valence-electron chi connectivity index (χ0n) is 15.6. The van der Waals surface area contributed by atoms with E-state index in [1.54, 1.807) is 32.8 Å². The lowest BCUT2D eigenvalue weighted by atomic mass is 10.1. The molecule has 0 bridgehead atoms. The van der Waals surface area contributed by atoms with Crippen LogP contribution in [0.15, 0.2) is 35.0 Å². The van der Waals surface area contributed by atoms with Crippen LogP contribution in [0.1, 0.15) is 36.6 Å². The molecule has 0 aromatic carbocycles. The first-order valence-electron chi connectivity index (χ1n) is 9.34. The number of hydrogen-bond donors (Lipinski definition) is 0. The van der Waals surface area contributed by atoms with Crippen molar-refractivity contribution >= 4 is 12.0 Å². The SMILES string of the molecule is CC(C)OC(=O)N1CC[C@@H]2CN(C(=O)c3ccc(Cn4cccn4)o3)C[C@@H]21. The molecule has 0 saturated carbocycles. The van der Waals surface area contributed by atoms with Crippen molar-refractivity contribution in [3.05, 3.63) is 42.1 Å². The Morgan fingerprint density at radius 1 is 1.33 bits per heavy atom. The van der Waals surface area contributed by atoms with E-state index in [1.165, 1.54) is 0 Å². The van der Waals surface area contributed by atoms with Crippen LogP contribution in [0.3, 0.4) is 0 Å². The summed E-state index contributed by atoms with van der Waals surface area (Å²) in [7, 11) is 0. The first-order valence-corrected chi connectivity index (χ1v) is 9.34. The molecule has 8 nitrogen and oxygen atoms in total. The van der Waals surface area contributed by atoms with Crippen molar-refractivity contribution in [2.24, 2.45) is 5.92 Å². The topological polar surface area (TPSA) is 80.8 Å². The summed E-state index contributed by atoms with van der Waals surface area (Å²) in [6.45, 7) is 6.02. The van der Waals surface area contributed by atoms with Crippen LogP contribution in [0, 0.1) is 5.92 Å². The molecule has 0 N–H and O–H groups in total. The van der Waals surface area contributed by atoms with Crippen LogP contribution in [0.2, 0.25) is 0 Å². The number of aromatic nitrogens is 2. The Morgan fingerprint density at radius 2 is 2.19 bits per heavy atom. The average Bonchev–Trinajstić information content (AvgIpc) is 3.38. The molecule has 2 aliphatic rings. The summed E-state index contributed by atoms with van der Waals surface area (Å²) in [5.74, 6) is 1.18. The molecule has 2 fully saturated rings. The van der Waals surface area contributed by atoms with Crippen LogP contribution in [0.5, 0.6) is 0 Å². The van der Waals surface area contributed by atoms with Gasteiger partial charge >= 0.3 is 6.09 Å². The van der Waals surface area contributed by atoms with E-state index in [0.717, 1.165) is 6.42 Å². The number of rotatable bonds is 4. The van der Waals surface area contributed by atoms with Gasteiger partial charge < -0.3 is 19.0 Å². The normalized spacial score (nSPS) is 21.7. The van der Waals surface area contributed by atoms with E-state index in [9.17, 15) is 9.59 Å². The molecule has 2 aromatic heterocycles. The van der Waals surface area contributed by atoms with Crippen LogP contribution in [0.4, 0.5) is 4.79 Å². The molecule has 27 heavy (non-hydrogen) atoms. The maximum absolute atomic E-state index is 12.8. The van der Waals surface area contributed by atoms with Gasteiger partial charge in [-0.2, -0.15) is 5.10 Å². The van der Waals surface area contributed by atoms with Gasteiger partial charge in [0, 0.05) is 37.9 Å². The number of carbonyl (C=O) groups is 2. The smallest absolute Gasteiger partial charge is 0.410 e. The Balaban J connectivity index is 1.39. The number of likely N-dealkylation sites (tertiary alicyclic amines) is 2. The summed E-state index contributed by atoms with van der Waals surface area (Å²) in [5.41, 5.74) is 0. The summed E-state index contributed by atoms with van der Waals surface area (Å²) in [4.78, 5) is 28.6. The maximum Gasteiger partial charge on any atom is 0.410 e. The number of carbonyl (C=O) groups excluding carboxylic acids is 2. The lowest BCUT2D eigenvalue weighted by Crippen LogP contribution is -2.41. The molecule has 4 heterocycles. The molecule has 2 saturated heterocycles. The van der Waals surface area contributed by atoms with E-state index in [1.807, 2.05) is 26.1 Å². The summed E-state index contributed by atoms with van der Waals surface area (Å²) in [5, 5.41) is 4.14. The molecular formula is C19H24N4O4. The van der Waals surface area contributed by atoms with Crippen LogP contribution in [0.25, 0.3) is 0 Å². The molecule has 2 aliphatic heterocycles. The highest BCUT2D eigenvalue weighted by Crippen LogP contribution is 2.33. The van der Waals surface area contributed by atoms with E-state index in [0.29, 0.717) is 43.6 Å². The van der Waals surface area contributed by atoms with Gasteiger partial charge in [0.1, 0.15) is 5.76 Å². The minimum atomic E-state index is -0.286. The van der Waals surface area contributed by atoms with Crippen molar-refractivity contribution in [3.63, 3.8) is 0 Å². The van der Waals surface area contributed by atoms with Gasteiger partial charge in [0.25, 0.3) is 5.91 Å². The second-order valence-electron chi connectivity index (χ2n) is 7.42. The number of hydrogen-bond acceptors (Lipinski definition) is 5. The third kappa shape index (κ3) is 3.56. The van der Waals surface area contributed by atoms with E-state index < -0.39 is 0 Å². The molecule has 0 radical (unpaired) electrons. The zero-order chi connectivity index (χ0) is 19.0. The highest BCUT2D eigenvalue weighted by Gasteiger charge is 2.45. The Morgan fingerprint density at radius 3 is 2.93 bits per heavy atom. The molecule has 0 aliphatic carbocycles. The van der Waals surface area contributed by atoms with Crippen molar-refractivity contribution in [2.45, 2.75) is 39.0 Å². The molecule has 144 valence electrons. The van der Waals surface area contributed by atoms with Crippen molar-refractivity contribution in [2.75, 3.05) is 19.6 Å². The maximum atomic E-state index is 12.8. The number of ether oxygens (including phenoxy) is 1. The third-order valence-corrected chi connectivity index (χ3v) is 5.16. The van der Waals surface area contributed by atoms with E-state index >= 15 is 0 Å². The second-order valence-corrected chi connectivity index (χ2v) is 7.42. The molecule has 4 rings (SSSR count). The van der Waals surface area contributed by atoms with Crippen molar-refractivity contribution in [1.29, 1.82) is 0 Å². The van der Waals surface area contributed by atoms with Gasteiger partial charge in [-0.15, -0.1) is 0 Å². The van der Waals surface area contributed by atoms with Gasteiger partial charge in [-0.3, -0.25) is 9.48 Å². The fourth-order valence-corrected chi connectivity index (χ4v) is 3.91. The summed E-state index contributed by atoms with van der Waals surface area (Å²) in [6, 6.07) is 5.38. The minimum Gasteiger partial charge on any atom is -0.454 e. The van der Waals surface area contributed by atoms with Crippen molar-refractivity contribution < 1.29 is 18.7 Å². The number of furan rings is 1. The van der Waals surface area contributed by atoms with Gasteiger partial charge in [0.05, 0.1) is 18.7 Å². The van der Waals surface area contributed by atoms with Crippen LogP contribution in [-0.4, -0.2) is 63.4 Å².